The number of carbonyl (C=O) groups is 1. The van der Waals surface area contributed by atoms with Gasteiger partial charge in [0.25, 0.3) is 5.91 Å². The number of carbonyl (C=O) groups excluding carboxylic acids is 1. The van der Waals surface area contributed by atoms with Crippen LogP contribution >= 0.6 is 0 Å². The van der Waals surface area contributed by atoms with Gasteiger partial charge in [-0.05, 0) is 43.5 Å². The summed E-state index contributed by atoms with van der Waals surface area (Å²) >= 11 is 0. The van der Waals surface area contributed by atoms with Crippen LogP contribution in [0.4, 0.5) is 0 Å². The van der Waals surface area contributed by atoms with E-state index in [1.165, 1.54) is 0 Å². The number of benzene rings is 1. The first-order valence-corrected chi connectivity index (χ1v) is 9.88. The normalized spacial score (nSPS) is 17.0. The van der Waals surface area contributed by atoms with E-state index >= 15 is 0 Å². The van der Waals surface area contributed by atoms with E-state index in [2.05, 4.69) is 19.2 Å². The van der Waals surface area contributed by atoms with Crippen molar-refractivity contribution in [2.45, 2.75) is 39.2 Å². The lowest BCUT2D eigenvalue weighted by Crippen LogP contribution is -2.50. The summed E-state index contributed by atoms with van der Waals surface area (Å²) in [6.45, 7) is 8.09. The summed E-state index contributed by atoms with van der Waals surface area (Å²) in [6, 6.07) is 5.68. The third-order valence-corrected chi connectivity index (χ3v) is 4.70. The predicted molar refractivity (Wildman–Crippen MR) is 107 cm³/mol. The molecule has 1 aromatic rings. The fourth-order valence-corrected chi connectivity index (χ4v) is 3.36. The van der Waals surface area contributed by atoms with Crippen LogP contribution in [-0.4, -0.2) is 63.9 Å². The van der Waals surface area contributed by atoms with E-state index in [4.69, 9.17) is 14.2 Å². The average molecular weight is 379 g/mol. The summed E-state index contributed by atoms with van der Waals surface area (Å²) in [4.78, 5) is 15.3. The predicted octanol–water partition coefficient (Wildman–Crippen LogP) is 2.96. The summed E-state index contributed by atoms with van der Waals surface area (Å²) in [6.07, 6.45) is 2.93. The molecule has 27 heavy (non-hydrogen) atoms. The fourth-order valence-electron chi connectivity index (χ4n) is 3.36. The van der Waals surface area contributed by atoms with Gasteiger partial charge in [0.05, 0.1) is 13.7 Å². The summed E-state index contributed by atoms with van der Waals surface area (Å²) in [5.74, 6) is 1.71. The van der Waals surface area contributed by atoms with Gasteiger partial charge in [-0.15, -0.1) is 0 Å². The highest BCUT2D eigenvalue weighted by Crippen LogP contribution is 2.29. The molecule has 1 amide bonds. The van der Waals surface area contributed by atoms with E-state index in [0.29, 0.717) is 36.2 Å². The van der Waals surface area contributed by atoms with Crippen molar-refractivity contribution in [1.82, 2.24) is 10.2 Å². The smallest absolute Gasteiger partial charge is 0.254 e. The summed E-state index contributed by atoms with van der Waals surface area (Å²) in [7, 11) is 3.28. The quantitative estimate of drug-likeness (QED) is 0.634. The van der Waals surface area contributed by atoms with Crippen LogP contribution in [0.3, 0.4) is 0 Å². The number of piperidine rings is 1. The molecule has 0 aromatic heterocycles. The molecule has 0 aliphatic carbocycles. The topological polar surface area (TPSA) is 60.0 Å². The lowest BCUT2D eigenvalue weighted by molar-refractivity contribution is 0.0619. The zero-order valence-corrected chi connectivity index (χ0v) is 17.1. The average Bonchev–Trinajstić information content (AvgIpc) is 2.69. The lowest BCUT2D eigenvalue weighted by atomic mass is 10.0. The SMILES string of the molecule is COCCCOc1cc(C(=O)N(CC(C)C)C2CCCNC2)ccc1OC. The molecule has 1 fully saturated rings. The maximum atomic E-state index is 13.3. The molecule has 0 bridgehead atoms. The second-order valence-corrected chi connectivity index (χ2v) is 7.41. The van der Waals surface area contributed by atoms with Crippen LogP contribution in [0.1, 0.15) is 43.5 Å². The third-order valence-electron chi connectivity index (χ3n) is 4.70. The zero-order chi connectivity index (χ0) is 19.6. The van der Waals surface area contributed by atoms with Crippen molar-refractivity contribution in [1.29, 1.82) is 0 Å². The van der Waals surface area contributed by atoms with Crippen LogP contribution in [0.2, 0.25) is 0 Å². The van der Waals surface area contributed by atoms with Gasteiger partial charge in [0, 0.05) is 44.8 Å². The Morgan fingerprint density at radius 2 is 2.07 bits per heavy atom. The van der Waals surface area contributed by atoms with Crippen LogP contribution in [0, 0.1) is 5.92 Å². The zero-order valence-electron chi connectivity index (χ0n) is 17.1. The van der Waals surface area contributed by atoms with Crippen molar-refractivity contribution in [2.75, 3.05) is 47.1 Å². The molecule has 6 heteroatoms. The number of nitrogens with one attached hydrogen (secondary N) is 1. The van der Waals surface area contributed by atoms with Crippen LogP contribution in [0.25, 0.3) is 0 Å². The molecular formula is C21H34N2O4. The van der Waals surface area contributed by atoms with E-state index in [1.807, 2.05) is 17.0 Å². The van der Waals surface area contributed by atoms with E-state index in [-0.39, 0.29) is 11.9 Å². The molecule has 1 aliphatic rings. The van der Waals surface area contributed by atoms with Gasteiger partial charge in [0.15, 0.2) is 11.5 Å². The molecule has 0 radical (unpaired) electrons. The maximum Gasteiger partial charge on any atom is 0.254 e. The molecular weight excluding hydrogens is 344 g/mol. The van der Waals surface area contributed by atoms with Gasteiger partial charge >= 0.3 is 0 Å². The monoisotopic (exact) mass is 378 g/mol. The molecule has 6 nitrogen and oxygen atoms in total. The molecule has 0 spiro atoms. The second kappa shape index (κ2) is 11.1. The van der Waals surface area contributed by atoms with Gasteiger partial charge in [-0.1, -0.05) is 13.8 Å². The Bertz CT molecular complexity index is 586. The Kier molecular flexibility index (Phi) is 8.88. The summed E-state index contributed by atoms with van der Waals surface area (Å²) in [5.41, 5.74) is 0.642. The lowest BCUT2D eigenvalue weighted by Gasteiger charge is -2.36. The van der Waals surface area contributed by atoms with Crippen molar-refractivity contribution in [3.63, 3.8) is 0 Å². The molecule has 152 valence electrons. The van der Waals surface area contributed by atoms with E-state index in [0.717, 1.165) is 38.9 Å². The standard InChI is InChI=1S/C21H34N2O4/c1-16(2)15-23(18-7-5-10-22-14-18)21(24)17-8-9-19(26-4)20(13-17)27-12-6-11-25-3/h8-9,13,16,18,22H,5-7,10-12,14-15H2,1-4H3. The summed E-state index contributed by atoms with van der Waals surface area (Å²) < 4.78 is 16.3. The highest BCUT2D eigenvalue weighted by atomic mass is 16.5. The molecule has 1 atom stereocenters. The Labute approximate surface area is 163 Å². The number of hydrogen-bond acceptors (Lipinski definition) is 5. The van der Waals surface area contributed by atoms with Crippen LogP contribution in [-0.2, 0) is 4.74 Å². The van der Waals surface area contributed by atoms with Crippen LogP contribution < -0.4 is 14.8 Å². The molecule has 1 aliphatic heterocycles. The molecule has 1 unspecified atom stereocenters. The molecule has 1 aromatic carbocycles. The van der Waals surface area contributed by atoms with E-state index in [9.17, 15) is 4.79 Å². The van der Waals surface area contributed by atoms with Crippen molar-refractivity contribution < 1.29 is 19.0 Å². The van der Waals surface area contributed by atoms with Crippen molar-refractivity contribution >= 4 is 5.91 Å². The van der Waals surface area contributed by atoms with Gasteiger partial charge in [0.2, 0.25) is 0 Å². The Hall–Kier alpha value is -1.79. The Balaban J connectivity index is 2.17. The molecule has 1 heterocycles. The number of rotatable bonds is 10. The number of hydrogen-bond donors (Lipinski definition) is 1. The second-order valence-electron chi connectivity index (χ2n) is 7.41. The number of ether oxygens (including phenoxy) is 3. The van der Waals surface area contributed by atoms with Crippen LogP contribution in [0.5, 0.6) is 11.5 Å². The van der Waals surface area contributed by atoms with Gasteiger partial charge in [-0.25, -0.2) is 0 Å². The first-order chi connectivity index (χ1) is 13.1. The first kappa shape index (κ1) is 21.5. The Morgan fingerprint density at radius 1 is 1.26 bits per heavy atom. The van der Waals surface area contributed by atoms with Crippen LogP contribution in [0.15, 0.2) is 18.2 Å². The van der Waals surface area contributed by atoms with E-state index < -0.39 is 0 Å². The highest BCUT2D eigenvalue weighted by molar-refractivity contribution is 5.95. The maximum absolute atomic E-state index is 13.3. The van der Waals surface area contributed by atoms with Gasteiger partial charge in [-0.3, -0.25) is 4.79 Å². The number of methoxy groups -OCH3 is 2. The minimum absolute atomic E-state index is 0.0572. The fraction of sp³-hybridized carbons (Fsp3) is 0.667. The van der Waals surface area contributed by atoms with Crippen molar-refractivity contribution in [3.05, 3.63) is 23.8 Å². The van der Waals surface area contributed by atoms with Crippen molar-refractivity contribution in [3.8, 4) is 11.5 Å². The molecule has 0 saturated carbocycles. The largest absolute Gasteiger partial charge is 0.493 e. The minimum atomic E-state index is 0.0572. The van der Waals surface area contributed by atoms with E-state index in [1.54, 1.807) is 20.3 Å². The number of nitrogens with zero attached hydrogens (tertiary/aromatic N) is 1. The molecule has 1 N–H and O–H groups in total. The van der Waals surface area contributed by atoms with Gasteiger partial charge < -0.3 is 24.4 Å². The third kappa shape index (κ3) is 6.40. The van der Waals surface area contributed by atoms with Gasteiger partial charge in [0.1, 0.15) is 0 Å². The molecule has 1 saturated heterocycles. The highest BCUT2D eigenvalue weighted by Gasteiger charge is 2.27. The Morgan fingerprint density at radius 3 is 2.70 bits per heavy atom. The molecule has 2 rings (SSSR count). The minimum Gasteiger partial charge on any atom is -0.493 e. The van der Waals surface area contributed by atoms with Crippen molar-refractivity contribution in [2.24, 2.45) is 5.92 Å². The first-order valence-electron chi connectivity index (χ1n) is 9.88. The number of amides is 1. The van der Waals surface area contributed by atoms with Gasteiger partial charge in [-0.2, -0.15) is 0 Å². The summed E-state index contributed by atoms with van der Waals surface area (Å²) in [5, 5.41) is 3.41.